The average Bonchev–Trinajstić information content (AvgIpc) is 2.62. The molecule has 0 saturated heterocycles. The van der Waals surface area contributed by atoms with Crippen molar-refractivity contribution in [2.75, 3.05) is 19.0 Å². The van der Waals surface area contributed by atoms with E-state index in [0.29, 0.717) is 11.5 Å². The smallest absolute Gasteiger partial charge is 0.337 e. The number of rotatable bonds is 3. The second-order valence-corrected chi connectivity index (χ2v) is 5.04. The van der Waals surface area contributed by atoms with Gasteiger partial charge >= 0.3 is 5.97 Å². The summed E-state index contributed by atoms with van der Waals surface area (Å²) in [5.74, 6) is -0.900. The maximum atomic E-state index is 13.9. The number of halogens is 1. The van der Waals surface area contributed by atoms with Crippen molar-refractivity contribution in [1.82, 2.24) is 0 Å². The molecule has 124 valence electrons. The van der Waals surface area contributed by atoms with E-state index in [1.165, 1.54) is 19.2 Å². The second kappa shape index (κ2) is 6.57. The third kappa shape index (κ3) is 3.15. The summed E-state index contributed by atoms with van der Waals surface area (Å²) in [6.45, 7) is 0.00115. The van der Waals surface area contributed by atoms with E-state index in [2.05, 4.69) is 10.1 Å². The molecular weight excluding hydrogens is 317 g/mol. The number of ether oxygens (including phenoxy) is 3. The van der Waals surface area contributed by atoms with Crippen molar-refractivity contribution in [2.45, 2.75) is 6.10 Å². The summed E-state index contributed by atoms with van der Waals surface area (Å²) in [7, 11) is 1.22. The SMILES string of the molecule is COC(=O)c1ccc(F)c(NC(=O)C2COc3ccccc3O2)c1. The summed E-state index contributed by atoms with van der Waals surface area (Å²) in [5, 5.41) is 2.40. The summed E-state index contributed by atoms with van der Waals surface area (Å²) in [6, 6.07) is 10.5. The monoisotopic (exact) mass is 331 g/mol. The fourth-order valence-corrected chi connectivity index (χ4v) is 2.23. The van der Waals surface area contributed by atoms with E-state index in [9.17, 15) is 14.0 Å². The maximum absolute atomic E-state index is 13.9. The van der Waals surface area contributed by atoms with Gasteiger partial charge in [0.2, 0.25) is 6.10 Å². The third-order valence-electron chi connectivity index (χ3n) is 3.45. The molecular formula is C17H14FNO5. The third-order valence-corrected chi connectivity index (χ3v) is 3.45. The molecule has 7 heteroatoms. The highest BCUT2D eigenvalue weighted by atomic mass is 19.1. The lowest BCUT2D eigenvalue weighted by Crippen LogP contribution is -2.40. The number of para-hydroxylation sites is 2. The van der Waals surface area contributed by atoms with Crippen LogP contribution in [0.5, 0.6) is 11.5 Å². The lowest BCUT2D eigenvalue weighted by Gasteiger charge is -2.25. The Bertz CT molecular complexity index is 792. The first-order valence-corrected chi connectivity index (χ1v) is 7.15. The van der Waals surface area contributed by atoms with Crippen LogP contribution in [0.2, 0.25) is 0 Å². The van der Waals surface area contributed by atoms with Gasteiger partial charge in [-0.05, 0) is 30.3 Å². The predicted octanol–water partition coefficient (Wildman–Crippen LogP) is 2.39. The first-order valence-electron chi connectivity index (χ1n) is 7.15. The summed E-state index contributed by atoms with van der Waals surface area (Å²) in [4.78, 5) is 23.8. The Hall–Kier alpha value is -3.09. The Kier molecular flexibility index (Phi) is 4.33. The minimum atomic E-state index is -0.930. The molecule has 1 N–H and O–H groups in total. The van der Waals surface area contributed by atoms with Gasteiger partial charge in [0.1, 0.15) is 12.4 Å². The van der Waals surface area contributed by atoms with Gasteiger partial charge in [0, 0.05) is 0 Å². The largest absolute Gasteiger partial charge is 0.485 e. The molecule has 0 fully saturated rings. The standard InChI is InChI=1S/C17H14FNO5/c1-22-17(21)10-6-7-11(18)12(8-10)19-16(20)15-9-23-13-4-2-3-5-14(13)24-15/h2-8,15H,9H2,1H3,(H,19,20). The van der Waals surface area contributed by atoms with Crippen molar-refractivity contribution >= 4 is 17.6 Å². The van der Waals surface area contributed by atoms with Gasteiger partial charge in [0.25, 0.3) is 5.91 Å². The van der Waals surface area contributed by atoms with Crippen LogP contribution in [0.3, 0.4) is 0 Å². The lowest BCUT2D eigenvalue weighted by atomic mass is 10.2. The Labute approximate surface area is 137 Å². The number of fused-ring (bicyclic) bond motifs is 1. The fourth-order valence-electron chi connectivity index (χ4n) is 2.23. The number of carbonyl (C=O) groups is 2. The minimum absolute atomic E-state index is 0.00115. The molecule has 0 bridgehead atoms. The highest BCUT2D eigenvalue weighted by Gasteiger charge is 2.28. The summed E-state index contributed by atoms with van der Waals surface area (Å²) >= 11 is 0. The molecule has 1 amide bonds. The zero-order valence-electron chi connectivity index (χ0n) is 12.7. The van der Waals surface area contributed by atoms with E-state index in [4.69, 9.17) is 9.47 Å². The van der Waals surface area contributed by atoms with E-state index in [1.807, 2.05) is 0 Å². The molecule has 2 aromatic carbocycles. The Morgan fingerprint density at radius 1 is 1.21 bits per heavy atom. The number of methoxy groups -OCH3 is 1. The van der Waals surface area contributed by atoms with Gasteiger partial charge in [-0.2, -0.15) is 0 Å². The molecule has 3 rings (SSSR count). The molecule has 1 aliphatic rings. The highest BCUT2D eigenvalue weighted by Crippen LogP contribution is 2.31. The van der Waals surface area contributed by atoms with Crippen molar-refractivity contribution < 1.29 is 28.2 Å². The van der Waals surface area contributed by atoms with Gasteiger partial charge in [-0.3, -0.25) is 4.79 Å². The summed E-state index contributed by atoms with van der Waals surface area (Å²) < 4.78 is 29.4. The van der Waals surface area contributed by atoms with Crippen LogP contribution < -0.4 is 14.8 Å². The molecule has 1 unspecified atom stereocenters. The van der Waals surface area contributed by atoms with Gasteiger partial charge in [0.15, 0.2) is 11.5 Å². The highest BCUT2D eigenvalue weighted by molar-refractivity contribution is 5.97. The van der Waals surface area contributed by atoms with Crippen LogP contribution in [0.4, 0.5) is 10.1 Å². The molecule has 0 aliphatic carbocycles. The second-order valence-electron chi connectivity index (χ2n) is 5.04. The van der Waals surface area contributed by atoms with Crippen molar-refractivity contribution in [1.29, 1.82) is 0 Å². The van der Waals surface area contributed by atoms with Gasteiger partial charge in [-0.15, -0.1) is 0 Å². The van der Waals surface area contributed by atoms with Crippen LogP contribution in [0.1, 0.15) is 10.4 Å². The van der Waals surface area contributed by atoms with Crippen LogP contribution in [0.25, 0.3) is 0 Å². The number of hydrogen-bond acceptors (Lipinski definition) is 5. The van der Waals surface area contributed by atoms with Gasteiger partial charge in [0.05, 0.1) is 18.4 Å². The number of anilines is 1. The van der Waals surface area contributed by atoms with E-state index < -0.39 is 23.8 Å². The molecule has 2 aromatic rings. The van der Waals surface area contributed by atoms with Crippen LogP contribution in [-0.2, 0) is 9.53 Å². The van der Waals surface area contributed by atoms with Crippen LogP contribution >= 0.6 is 0 Å². The number of esters is 1. The Balaban J connectivity index is 1.75. The van der Waals surface area contributed by atoms with Gasteiger partial charge in [-0.25, -0.2) is 9.18 Å². The molecule has 1 aliphatic heterocycles. The van der Waals surface area contributed by atoms with E-state index in [-0.39, 0.29) is 17.9 Å². The molecule has 6 nitrogen and oxygen atoms in total. The van der Waals surface area contributed by atoms with Crippen molar-refractivity contribution in [2.24, 2.45) is 0 Å². The first kappa shape index (κ1) is 15.8. The summed E-state index contributed by atoms with van der Waals surface area (Å²) in [6.07, 6.45) is -0.930. The zero-order valence-corrected chi connectivity index (χ0v) is 12.7. The van der Waals surface area contributed by atoms with Crippen LogP contribution in [-0.4, -0.2) is 31.7 Å². The lowest BCUT2D eigenvalue weighted by molar-refractivity contribution is -0.125. The topological polar surface area (TPSA) is 73.9 Å². The molecule has 1 atom stereocenters. The first-order chi connectivity index (χ1) is 11.6. The number of benzene rings is 2. The Morgan fingerprint density at radius 3 is 2.71 bits per heavy atom. The minimum Gasteiger partial charge on any atom is -0.485 e. The van der Waals surface area contributed by atoms with Crippen molar-refractivity contribution in [3.05, 3.63) is 53.8 Å². The molecule has 0 aromatic heterocycles. The van der Waals surface area contributed by atoms with Crippen molar-refractivity contribution in [3.8, 4) is 11.5 Å². The fraction of sp³-hybridized carbons (Fsp3) is 0.176. The van der Waals surface area contributed by atoms with E-state index in [1.54, 1.807) is 24.3 Å². The van der Waals surface area contributed by atoms with Crippen LogP contribution in [0, 0.1) is 5.82 Å². The number of amides is 1. The number of carbonyl (C=O) groups excluding carboxylic acids is 2. The van der Waals surface area contributed by atoms with Crippen molar-refractivity contribution in [3.63, 3.8) is 0 Å². The molecule has 0 radical (unpaired) electrons. The number of nitrogens with one attached hydrogen (secondary N) is 1. The molecule has 0 spiro atoms. The predicted molar refractivity (Wildman–Crippen MR) is 82.7 cm³/mol. The normalized spacial score (nSPS) is 15.5. The van der Waals surface area contributed by atoms with Gasteiger partial charge < -0.3 is 19.5 Å². The summed E-state index contributed by atoms with van der Waals surface area (Å²) in [5.41, 5.74) is -0.00860. The molecule has 1 heterocycles. The molecule has 24 heavy (non-hydrogen) atoms. The van der Waals surface area contributed by atoms with E-state index in [0.717, 1.165) is 6.07 Å². The zero-order chi connectivity index (χ0) is 17.1. The maximum Gasteiger partial charge on any atom is 0.337 e. The number of hydrogen-bond donors (Lipinski definition) is 1. The van der Waals surface area contributed by atoms with E-state index >= 15 is 0 Å². The quantitative estimate of drug-likeness (QED) is 0.874. The van der Waals surface area contributed by atoms with Gasteiger partial charge in [-0.1, -0.05) is 12.1 Å². The molecule has 0 saturated carbocycles. The van der Waals surface area contributed by atoms with Crippen LogP contribution in [0.15, 0.2) is 42.5 Å². The Morgan fingerprint density at radius 2 is 1.96 bits per heavy atom. The average molecular weight is 331 g/mol.